The minimum atomic E-state index is -0.866. The first-order valence-corrected chi connectivity index (χ1v) is 21.6. The molecule has 12 heteroatoms. The van der Waals surface area contributed by atoms with Crippen molar-refractivity contribution in [1.82, 2.24) is 0 Å². The predicted octanol–water partition coefficient (Wildman–Crippen LogP) is 11.5. The molecule has 2 aliphatic rings. The molecule has 2 unspecified atom stereocenters. The quantitative estimate of drug-likeness (QED) is 0.0675. The average Bonchev–Trinajstić information content (AvgIpc) is 3.84. The Morgan fingerprint density at radius 2 is 0.985 bits per heavy atom. The van der Waals surface area contributed by atoms with Gasteiger partial charge in [0.15, 0.2) is 0 Å². The summed E-state index contributed by atoms with van der Waals surface area (Å²) < 4.78 is 13.1. The molecule has 0 bridgehead atoms. The first-order valence-electron chi connectivity index (χ1n) is 21.6. The fourth-order valence-corrected chi connectivity index (χ4v) is 10.2. The van der Waals surface area contributed by atoms with Crippen molar-refractivity contribution in [2.75, 3.05) is 0 Å². The molecular weight excluding hydrogens is 865 g/mol. The molecule has 68 heavy (non-hydrogen) atoms. The topological polar surface area (TPSA) is 225 Å². The van der Waals surface area contributed by atoms with Crippen molar-refractivity contribution in [3.63, 3.8) is 0 Å². The summed E-state index contributed by atoms with van der Waals surface area (Å²) in [5, 5.41) is 110. The standard InChI is InChI=1S/C56H40O12/c57-33-10-4-28(5-11-33)49-51(42-23-40(64)26-47-53(42)54(43-22-39(63)24-45(66)52(43)49)56(68-47)30-8-14-35(59)15-9-30)41-17-27(2-16-44(41)65)1-3-31-18-38(62)25-46-48(31)50(32-19-36(60)21-37(61)20-32)55(67-46)29-6-12-34(58)13-7-29/h1-26,49,51,54,56-66H/b3-1+/t49-,51?,54?,56-/m1/s1. The molecule has 9 aromatic rings. The Balaban J connectivity index is 1.13. The molecule has 0 amide bonds. The Labute approximate surface area is 387 Å². The van der Waals surface area contributed by atoms with Crippen LogP contribution in [0, 0.1) is 0 Å². The summed E-state index contributed by atoms with van der Waals surface area (Å²) in [5.41, 5.74) is 6.68. The zero-order valence-corrected chi connectivity index (χ0v) is 35.6. The van der Waals surface area contributed by atoms with Gasteiger partial charge in [0.05, 0.1) is 5.92 Å². The number of rotatable bonds is 7. The van der Waals surface area contributed by atoms with Crippen molar-refractivity contribution < 1.29 is 60.2 Å². The van der Waals surface area contributed by atoms with E-state index in [0.29, 0.717) is 83.7 Å². The second-order valence-electron chi connectivity index (χ2n) is 17.2. The molecule has 2 heterocycles. The molecule has 336 valence electrons. The van der Waals surface area contributed by atoms with Crippen LogP contribution in [0.5, 0.6) is 63.2 Å². The lowest BCUT2D eigenvalue weighted by Crippen LogP contribution is -2.16. The molecule has 1 aromatic heterocycles. The summed E-state index contributed by atoms with van der Waals surface area (Å²) in [6.45, 7) is 0. The van der Waals surface area contributed by atoms with Crippen LogP contribution in [0.25, 0.3) is 45.6 Å². The summed E-state index contributed by atoms with van der Waals surface area (Å²) in [6, 6.07) is 37.5. The van der Waals surface area contributed by atoms with Crippen LogP contribution in [-0.4, -0.2) is 51.1 Å². The molecule has 0 radical (unpaired) electrons. The van der Waals surface area contributed by atoms with Gasteiger partial charge in [0.2, 0.25) is 0 Å². The third-order valence-electron chi connectivity index (χ3n) is 13.0. The third-order valence-corrected chi connectivity index (χ3v) is 13.0. The summed E-state index contributed by atoms with van der Waals surface area (Å²) in [6.07, 6.45) is 2.79. The SMILES string of the molecule is Oc1ccc(-c2oc3cc(O)cc(/C=C/c4ccc(O)c(C5c6cc(O)cc7c6C(c6cc(O)cc(O)c6[C@@H]5c5ccc(O)cc5)[C@@H](c5ccc(O)cc5)O7)c4)c3c2-c2cc(O)cc(O)c2)cc1. The van der Waals surface area contributed by atoms with E-state index in [0.717, 1.165) is 0 Å². The number of fused-ring (bicyclic) bond motifs is 3. The number of phenolic OH excluding ortho intramolecular Hbond substituents is 10. The Hall–Kier alpha value is -9.16. The molecule has 0 saturated heterocycles. The van der Waals surface area contributed by atoms with E-state index < -0.39 is 23.9 Å². The van der Waals surface area contributed by atoms with Crippen molar-refractivity contribution in [3.8, 4) is 85.7 Å². The minimum absolute atomic E-state index is 0.00191. The third kappa shape index (κ3) is 7.02. The van der Waals surface area contributed by atoms with Crippen LogP contribution < -0.4 is 4.74 Å². The molecule has 1 aliphatic carbocycles. The molecule has 0 spiro atoms. The van der Waals surface area contributed by atoms with E-state index in [4.69, 9.17) is 9.15 Å². The zero-order chi connectivity index (χ0) is 47.1. The fraction of sp³-hybridized carbons (Fsp3) is 0.0714. The van der Waals surface area contributed by atoms with Crippen molar-refractivity contribution in [2.24, 2.45) is 0 Å². The number of hydrogen-bond donors (Lipinski definition) is 10. The minimum Gasteiger partial charge on any atom is -0.508 e. The maximum atomic E-state index is 12.1. The molecule has 11 rings (SSSR count). The second-order valence-corrected chi connectivity index (χ2v) is 17.2. The van der Waals surface area contributed by atoms with Gasteiger partial charge in [0.1, 0.15) is 80.7 Å². The van der Waals surface area contributed by atoms with Crippen molar-refractivity contribution in [3.05, 3.63) is 196 Å². The summed E-state index contributed by atoms with van der Waals surface area (Å²) >= 11 is 0. The number of phenols is 10. The summed E-state index contributed by atoms with van der Waals surface area (Å²) in [5.74, 6) is -2.75. The summed E-state index contributed by atoms with van der Waals surface area (Å²) in [7, 11) is 0. The Bertz CT molecular complexity index is 3480. The molecule has 0 fully saturated rings. The van der Waals surface area contributed by atoms with E-state index in [9.17, 15) is 51.1 Å². The normalized spacial score (nSPS) is 17.2. The van der Waals surface area contributed by atoms with E-state index in [-0.39, 0.29) is 63.1 Å². The number of furan rings is 1. The molecule has 10 N–H and O–H groups in total. The van der Waals surface area contributed by atoms with Crippen LogP contribution >= 0.6 is 0 Å². The van der Waals surface area contributed by atoms with Gasteiger partial charge in [-0.3, -0.25) is 0 Å². The first kappa shape index (κ1) is 41.5. The number of benzene rings is 8. The van der Waals surface area contributed by atoms with Crippen LogP contribution in [0.3, 0.4) is 0 Å². The maximum Gasteiger partial charge on any atom is 0.143 e. The highest BCUT2D eigenvalue weighted by Gasteiger charge is 2.48. The molecule has 0 saturated carbocycles. The van der Waals surface area contributed by atoms with E-state index >= 15 is 0 Å². The molecule has 8 aromatic carbocycles. The van der Waals surface area contributed by atoms with Crippen LogP contribution in [0.2, 0.25) is 0 Å². The smallest absolute Gasteiger partial charge is 0.143 e. The highest BCUT2D eigenvalue weighted by atomic mass is 16.5. The highest BCUT2D eigenvalue weighted by molar-refractivity contribution is 6.07. The van der Waals surface area contributed by atoms with Gasteiger partial charge in [-0.2, -0.15) is 0 Å². The van der Waals surface area contributed by atoms with Crippen LogP contribution in [-0.2, 0) is 0 Å². The van der Waals surface area contributed by atoms with Gasteiger partial charge in [-0.15, -0.1) is 0 Å². The van der Waals surface area contributed by atoms with Gasteiger partial charge in [-0.1, -0.05) is 42.5 Å². The molecular formula is C56H40O12. The van der Waals surface area contributed by atoms with Crippen molar-refractivity contribution >= 4 is 23.1 Å². The molecule has 12 nitrogen and oxygen atoms in total. The largest absolute Gasteiger partial charge is 0.508 e. The van der Waals surface area contributed by atoms with E-state index in [1.54, 1.807) is 84.9 Å². The van der Waals surface area contributed by atoms with Crippen LogP contribution in [0.4, 0.5) is 0 Å². The molecule has 4 atom stereocenters. The Kier molecular flexibility index (Phi) is 9.64. The summed E-state index contributed by atoms with van der Waals surface area (Å²) in [4.78, 5) is 0. The monoisotopic (exact) mass is 904 g/mol. The average molecular weight is 905 g/mol. The Morgan fingerprint density at radius 1 is 0.397 bits per heavy atom. The highest BCUT2D eigenvalue weighted by Crippen LogP contribution is 2.63. The fourth-order valence-electron chi connectivity index (χ4n) is 10.2. The number of hydrogen-bond acceptors (Lipinski definition) is 12. The lowest BCUT2D eigenvalue weighted by molar-refractivity contribution is 0.221. The Morgan fingerprint density at radius 3 is 1.66 bits per heavy atom. The lowest BCUT2D eigenvalue weighted by atomic mass is 9.73. The lowest BCUT2D eigenvalue weighted by Gasteiger charge is -2.31. The first-order chi connectivity index (χ1) is 32.8. The van der Waals surface area contributed by atoms with E-state index in [1.807, 2.05) is 0 Å². The number of ether oxygens (including phenoxy) is 1. The van der Waals surface area contributed by atoms with Crippen LogP contribution in [0.1, 0.15) is 73.9 Å². The van der Waals surface area contributed by atoms with Gasteiger partial charge in [0, 0.05) is 69.3 Å². The van der Waals surface area contributed by atoms with Crippen LogP contribution in [0.15, 0.2) is 150 Å². The van der Waals surface area contributed by atoms with Crippen molar-refractivity contribution in [2.45, 2.75) is 23.9 Å². The van der Waals surface area contributed by atoms with E-state index in [1.165, 1.54) is 72.8 Å². The second kappa shape index (κ2) is 15.8. The number of aromatic hydroxyl groups is 10. The molecule has 1 aliphatic heterocycles. The zero-order valence-electron chi connectivity index (χ0n) is 35.6. The maximum absolute atomic E-state index is 12.1. The van der Waals surface area contributed by atoms with E-state index in [2.05, 4.69) is 0 Å². The van der Waals surface area contributed by atoms with Gasteiger partial charge < -0.3 is 60.2 Å². The van der Waals surface area contributed by atoms with Gasteiger partial charge in [0.25, 0.3) is 0 Å². The van der Waals surface area contributed by atoms with Gasteiger partial charge in [-0.25, -0.2) is 0 Å². The van der Waals surface area contributed by atoms with Gasteiger partial charge in [-0.05, 0) is 130 Å². The predicted molar refractivity (Wildman–Crippen MR) is 254 cm³/mol. The van der Waals surface area contributed by atoms with Gasteiger partial charge >= 0.3 is 0 Å². The van der Waals surface area contributed by atoms with Crippen molar-refractivity contribution in [1.29, 1.82) is 0 Å².